The molecular weight excluding hydrogens is 743 g/mol. The van der Waals surface area contributed by atoms with Crippen LogP contribution < -0.4 is 0 Å². The van der Waals surface area contributed by atoms with Crippen LogP contribution in [0.2, 0.25) is 0 Å². The largest absolute Gasteiger partial charge is 0.456 e. The van der Waals surface area contributed by atoms with Crippen LogP contribution in [-0.4, -0.2) is 15.0 Å². The van der Waals surface area contributed by atoms with Crippen LogP contribution in [0, 0.1) is 0 Å². The molecule has 0 aliphatic heterocycles. The summed E-state index contributed by atoms with van der Waals surface area (Å²) in [6, 6.07) is 66.4. The Morgan fingerprint density at radius 3 is 1.74 bits per heavy atom. The summed E-state index contributed by atoms with van der Waals surface area (Å²) in [5.41, 5.74) is 14.1. The quantitative estimate of drug-likeness (QED) is 0.169. The fourth-order valence-corrected chi connectivity index (χ4v) is 9.31. The highest BCUT2D eigenvalue weighted by atomic mass is 16.3. The smallest absolute Gasteiger partial charge is 0.164 e. The predicted octanol–water partition coefficient (Wildman–Crippen LogP) is 15.0. The van der Waals surface area contributed by atoms with E-state index in [1.165, 1.54) is 27.6 Å². The standard InChI is InChI=1S/C57H37N3O/c1-3-15-36(16-4-1)38-20-13-21-39(33-38)40-29-30-50-53(35-40)61-52-28-14-27-48(54(50)52)47-31-32-49(45-25-11-10-24-44(45)47)56-58-55(37-17-5-2-6-18-37)59-57(60-56)51-34-41-19-7-8-22-42(41)43-23-9-12-26-46(43)51/h1-7,9-21,23-35H,8,22H2. The summed E-state index contributed by atoms with van der Waals surface area (Å²) in [5, 5.41) is 6.78. The van der Waals surface area contributed by atoms with Gasteiger partial charge in [-0.15, -0.1) is 0 Å². The number of hydrogen-bond donors (Lipinski definition) is 0. The minimum absolute atomic E-state index is 0.639. The molecule has 0 saturated carbocycles. The highest BCUT2D eigenvalue weighted by Gasteiger charge is 2.21. The number of aromatic nitrogens is 3. The molecule has 0 bridgehead atoms. The number of rotatable bonds is 6. The van der Waals surface area contributed by atoms with Crippen LogP contribution in [-0.2, 0) is 6.42 Å². The van der Waals surface area contributed by atoms with Gasteiger partial charge in [-0.2, -0.15) is 0 Å². The van der Waals surface area contributed by atoms with Crippen LogP contribution in [0.3, 0.4) is 0 Å². The molecule has 0 spiro atoms. The van der Waals surface area contributed by atoms with Gasteiger partial charge in [0.05, 0.1) is 0 Å². The van der Waals surface area contributed by atoms with E-state index in [9.17, 15) is 0 Å². The summed E-state index contributed by atoms with van der Waals surface area (Å²) >= 11 is 0. The molecule has 0 N–H and O–H groups in total. The minimum atomic E-state index is 0.639. The molecule has 2 heterocycles. The van der Waals surface area contributed by atoms with Gasteiger partial charge in [0, 0.05) is 27.5 Å². The Bertz CT molecular complexity index is 3530. The van der Waals surface area contributed by atoms with Gasteiger partial charge in [0.25, 0.3) is 0 Å². The maximum absolute atomic E-state index is 6.64. The molecule has 0 amide bonds. The van der Waals surface area contributed by atoms with Crippen molar-refractivity contribution >= 4 is 49.6 Å². The van der Waals surface area contributed by atoms with E-state index in [4.69, 9.17) is 19.4 Å². The Kier molecular flexibility index (Phi) is 8.27. The summed E-state index contributed by atoms with van der Waals surface area (Å²) < 4.78 is 6.64. The second-order valence-corrected chi connectivity index (χ2v) is 15.8. The minimum Gasteiger partial charge on any atom is -0.456 e. The molecule has 9 aromatic carbocycles. The molecule has 1 aliphatic carbocycles. The van der Waals surface area contributed by atoms with E-state index < -0.39 is 0 Å². The number of fused-ring (bicyclic) bond motifs is 7. The lowest BCUT2D eigenvalue weighted by Gasteiger charge is -2.18. The lowest BCUT2D eigenvalue weighted by atomic mass is 9.89. The SMILES string of the molecule is C1=Cc2cc(-c3nc(-c4ccccc4)nc(-c4ccc(-c5cccc6oc7cc(-c8cccc(-c9ccccc9)c8)ccc7c56)c5ccccc45)n3)c3ccccc3c2CC1. The Morgan fingerprint density at radius 2 is 0.951 bits per heavy atom. The van der Waals surface area contributed by atoms with Crippen molar-refractivity contribution in [1.82, 2.24) is 15.0 Å². The van der Waals surface area contributed by atoms with E-state index in [1.54, 1.807) is 0 Å². The van der Waals surface area contributed by atoms with Crippen molar-refractivity contribution in [2.45, 2.75) is 12.8 Å². The van der Waals surface area contributed by atoms with Crippen molar-refractivity contribution in [3.05, 3.63) is 205 Å². The van der Waals surface area contributed by atoms with E-state index in [0.29, 0.717) is 17.5 Å². The maximum Gasteiger partial charge on any atom is 0.164 e. The first-order chi connectivity index (χ1) is 30.2. The van der Waals surface area contributed by atoms with Crippen molar-refractivity contribution in [3.63, 3.8) is 0 Å². The molecule has 0 saturated heterocycles. The van der Waals surface area contributed by atoms with Gasteiger partial charge in [-0.25, -0.2) is 15.0 Å². The topological polar surface area (TPSA) is 51.8 Å². The van der Waals surface area contributed by atoms with Crippen molar-refractivity contribution < 1.29 is 4.42 Å². The van der Waals surface area contributed by atoms with Crippen LogP contribution in [0.25, 0.3) is 117 Å². The number of furan rings is 1. The molecule has 12 rings (SSSR count). The van der Waals surface area contributed by atoms with Crippen LogP contribution in [0.1, 0.15) is 17.5 Å². The molecule has 61 heavy (non-hydrogen) atoms. The lowest BCUT2D eigenvalue weighted by Crippen LogP contribution is -2.03. The Labute approximate surface area is 353 Å². The van der Waals surface area contributed by atoms with E-state index >= 15 is 0 Å². The van der Waals surface area contributed by atoms with Gasteiger partial charge < -0.3 is 4.42 Å². The average Bonchev–Trinajstić information content (AvgIpc) is 3.72. The normalized spacial score (nSPS) is 12.4. The van der Waals surface area contributed by atoms with Crippen molar-refractivity contribution in [1.29, 1.82) is 0 Å². The van der Waals surface area contributed by atoms with Gasteiger partial charge in [-0.1, -0.05) is 164 Å². The maximum atomic E-state index is 6.64. The Hall–Kier alpha value is -7.95. The fourth-order valence-electron chi connectivity index (χ4n) is 9.31. The second kappa shape index (κ2) is 14.4. The van der Waals surface area contributed by atoms with Crippen LogP contribution in [0.4, 0.5) is 0 Å². The summed E-state index contributed by atoms with van der Waals surface area (Å²) in [7, 11) is 0. The van der Waals surface area contributed by atoms with Crippen LogP contribution in [0.15, 0.2) is 199 Å². The van der Waals surface area contributed by atoms with Crippen molar-refractivity contribution in [2.75, 3.05) is 0 Å². The average molecular weight is 780 g/mol. The number of hydrogen-bond acceptors (Lipinski definition) is 4. The third-order valence-electron chi connectivity index (χ3n) is 12.2. The third kappa shape index (κ3) is 6.03. The predicted molar refractivity (Wildman–Crippen MR) is 252 cm³/mol. The van der Waals surface area contributed by atoms with Crippen LogP contribution in [0.5, 0.6) is 0 Å². The number of aryl methyl sites for hydroxylation is 1. The van der Waals surface area contributed by atoms with E-state index in [1.807, 2.05) is 18.2 Å². The number of benzene rings is 9. The zero-order valence-electron chi connectivity index (χ0n) is 33.2. The molecule has 4 nitrogen and oxygen atoms in total. The monoisotopic (exact) mass is 779 g/mol. The molecule has 0 unspecified atom stereocenters. The van der Waals surface area contributed by atoms with Crippen molar-refractivity contribution in [3.8, 4) is 67.5 Å². The number of nitrogens with zero attached hydrogens (tertiary/aromatic N) is 3. The second-order valence-electron chi connectivity index (χ2n) is 15.8. The molecule has 0 fully saturated rings. The first kappa shape index (κ1) is 35.0. The van der Waals surface area contributed by atoms with Gasteiger partial charge in [-0.05, 0) is 115 Å². The van der Waals surface area contributed by atoms with Gasteiger partial charge >= 0.3 is 0 Å². The Balaban J connectivity index is 1.01. The number of allylic oxidation sites excluding steroid dienone is 1. The summed E-state index contributed by atoms with van der Waals surface area (Å²) in [6.07, 6.45) is 6.58. The zero-order valence-corrected chi connectivity index (χ0v) is 33.2. The molecule has 2 aromatic heterocycles. The van der Waals surface area contributed by atoms with Crippen molar-refractivity contribution in [2.24, 2.45) is 0 Å². The van der Waals surface area contributed by atoms with Gasteiger partial charge in [0.2, 0.25) is 0 Å². The van der Waals surface area contributed by atoms with E-state index in [0.717, 1.165) is 89.9 Å². The summed E-state index contributed by atoms with van der Waals surface area (Å²) in [4.78, 5) is 15.7. The van der Waals surface area contributed by atoms with E-state index in [-0.39, 0.29) is 0 Å². The summed E-state index contributed by atoms with van der Waals surface area (Å²) in [5.74, 6) is 1.95. The highest BCUT2D eigenvalue weighted by molar-refractivity contribution is 6.17. The summed E-state index contributed by atoms with van der Waals surface area (Å²) in [6.45, 7) is 0. The molecule has 286 valence electrons. The molecule has 1 aliphatic rings. The van der Waals surface area contributed by atoms with Crippen LogP contribution >= 0.6 is 0 Å². The first-order valence-corrected chi connectivity index (χ1v) is 20.9. The Morgan fingerprint density at radius 1 is 0.361 bits per heavy atom. The van der Waals surface area contributed by atoms with Gasteiger partial charge in [0.1, 0.15) is 11.2 Å². The first-order valence-electron chi connectivity index (χ1n) is 20.9. The molecule has 0 radical (unpaired) electrons. The molecular formula is C57H37N3O. The fraction of sp³-hybridized carbons (Fsp3) is 0.0351. The molecule has 4 heteroatoms. The van der Waals surface area contributed by atoms with Gasteiger partial charge in [-0.3, -0.25) is 0 Å². The van der Waals surface area contributed by atoms with E-state index in [2.05, 4.69) is 182 Å². The third-order valence-corrected chi connectivity index (χ3v) is 12.2. The molecule has 11 aromatic rings. The zero-order chi connectivity index (χ0) is 40.3. The van der Waals surface area contributed by atoms with Gasteiger partial charge in [0.15, 0.2) is 17.5 Å². The lowest BCUT2D eigenvalue weighted by molar-refractivity contribution is 0.669. The molecule has 0 atom stereocenters. The highest BCUT2D eigenvalue weighted by Crippen LogP contribution is 2.43.